The van der Waals surface area contributed by atoms with Crippen LogP contribution in [0.4, 0.5) is 5.69 Å². The summed E-state index contributed by atoms with van der Waals surface area (Å²) in [6.07, 6.45) is 3.89. The first-order chi connectivity index (χ1) is 12.7. The van der Waals surface area contributed by atoms with Gasteiger partial charge in [0.25, 0.3) is 5.91 Å². The number of hydrogen-bond donors (Lipinski definition) is 1. The highest BCUT2D eigenvalue weighted by Gasteiger charge is 2.16. The van der Waals surface area contributed by atoms with Crippen LogP contribution in [-0.2, 0) is 9.59 Å². The van der Waals surface area contributed by atoms with Crippen molar-refractivity contribution in [1.82, 2.24) is 0 Å². The van der Waals surface area contributed by atoms with Crippen molar-refractivity contribution in [1.29, 1.82) is 0 Å². The van der Waals surface area contributed by atoms with E-state index in [-0.39, 0.29) is 12.5 Å². The molecule has 0 aliphatic carbocycles. The van der Waals surface area contributed by atoms with Gasteiger partial charge >= 0.3 is 5.97 Å². The summed E-state index contributed by atoms with van der Waals surface area (Å²) in [5.74, 6) is 0.802. The molecule has 2 aromatic carbocycles. The van der Waals surface area contributed by atoms with E-state index in [1.165, 1.54) is 6.08 Å². The fraction of sp³-hybridized carbons (Fsp3) is 0.200. The Labute approximate surface area is 151 Å². The van der Waals surface area contributed by atoms with Crippen LogP contribution < -0.4 is 19.5 Å². The molecule has 1 N–H and O–H groups in total. The van der Waals surface area contributed by atoms with Crippen LogP contribution in [0.1, 0.15) is 18.9 Å². The van der Waals surface area contributed by atoms with Crippen LogP contribution in [-0.4, -0.2) is 25.1 Å². The maximum absolute atomic E-state index is 12.1. The predicted molar refractivity (Wildman–Crippen MR) is 97.5 cm³/mol. The van der Waals surface area contributed by atoms with Gasteiger partial charge in [0.15, 0.2) is 6.61 Å². The number of esters is 1. The third kappa shape index (κ3) is 4.42. The maximum Gasteiger partial charge on any atom is 0.336 e. The molecule has 1 heterocycles. The number of rotatable bonds is 6. The van der Waals surface area contributed by atoms with Gasteiger partial charge in [-0.05, 0) is 30.7 Å². The number of carbonyl (C=O) groups excluding carboxylic acids is 2. The molecule has 0 saturated carbocycles. The summed E-state index contributed by atoms with van der Waals surface area (Å²) in [7, 11) is 0. The van der Waals surface area contributed by atoms with Crippen molar-refractivity contribution in [3.63, 3.8) is 0 Å². The normalized spacial score (nSPS) is 12.9. The third-order valence-electron chi connectivity index (χ3n) is 3.58. The Morgan fingerprint density at radius 2 is 2.12 bits per heavy atom. The zero-order valence-corrected chi connectivity index (χ0v) is 14.4. The minimum atomic E-state index is -0.529. The smallest absolute Gasteiger partial charge is 0.336 e. The van der Waals surface area contributed by atoms with Crippen LogP contribution in [0.3, 0.4) is 0 Å². The Balaban J connectivity index is 1.67. The lowest BCUT2D eigenvalue weighted by atomic mass is 10.2. The molecule has 6 nitrogen and oxygen atoms in total. The van der Waals surface area contributed by atoms with E-state index in [0.717, 1.165) is 12.0 Å². The van der Waals surface area contributed by atoms with Crippen molar-refractivity contribution >= 4 is 23.6 Å². The molecule has 134 valence electrons. The summed E-state index contributed by atoms with van der Waals surface area (Å²) in [4.78, 5) is 23.4. The molecule has 2 aromatic rings. The Hall–Kier alpha value is -3.28. The molecule has 1 amide bonds. The number of benzene rings is 2. The van der Waals surface area contributed by atoms with Crippen LogP contribution >= 0.6 is 0 Å². The summed E-state index contributed by atoms with van der Waals surface area (Å²) in [5.41, 5.74) is 1.28. The second kappa shape index (κ2) is 8.20. The van der Waals surface area contributed by atoms with Crippen molar-refractivity contribution < 1.29 is 23.8 Å². The largest absolute Gasteiger partial charge is 0.493 e. The standard InChI is InChI=1S/C20H19NO5/c1-2-11-24-17-6-4-3-5-14(17)7-10-20(23)26-15-8-9-18-16(12-15)21-19(22)13-25-18/h3-10,12H,2,11,13H2,1H3,(H,21,22)/b10-7+. The van der Waals surface area contributed by atoms with E-state index in [1.54, 1.807) is 24.3 Å². The number of amides is 1. The fourth-order valence-corrected chi connectivity index (χ4v) is 2.40. The zero-order valence-electron chi connectivity index (χ0n) is 14.4. The molecule has 0 radical (unpaired) electrons. The number of anilines is 1. The molecule has 0 spiro atoms. The van der Waals surface area contributed by atoms with Gasteiger partial charge in [-0.15, -0.1) is 0 Å². The molecule has 3 rings (SSSR count). The Kier molecular flexibility index (Phi) is 5.53. The van der Waals surface area contributed by atoms with Gasteiger partial charge in [-0.25, -0.2) is 4.79 Å². The highest BCUT2D eigenvalue weighted by atomic mass is 16.5. The average Bonchev–Trinajstić information content (AvgIpc) is 2.65. The monoisotopic (exact) mass is 353 g/mol. The topological polar surface area (TPSA) is 73.9 Å². The van der Waals surface area contributed by atoms with Gasteiger partial charge in [-0.2, -0.15) is 0 Å². The lowest BCUT2D eigenvalue weighted by molar-refractivity contribution is -0.128. The van der Waals surface area contributed by atoms with Crippen LogP contribution in [0, 0.1) is 0 Å². The highest BCUT2D eigenvalue weighted by Crippen LogP contribution is 2.31. The summed E-state index contributed by atoms with van der Waals surface area (Å²) in [5, 5.41) is 2.67. The lowest BCUT2D eigenvalue weighted by Crippen LogP contribution is -2.25. The van der Waals surface area contributed by atoms with Crippen LogP contribution in [0.2, 0.25) is 0 Å². The third-order valence-corrected chi connectivity index (χ3v) is 3.58. The molecule has 0 aromatic heterocycles. The van der Waals surface area contributed by atoms with Gasteiger partial charge < -0.3 is 19.5 Å². The van der Waals surface area contributed by atoms with Crippen molar-refractivity contribution in [2.75, 3.05) is 18.5 Å². The van der Waals surface area contributed by atoms with Gasteiger partial charge in [-0.1, -0.05) is 25.1 Å². The van der Waals surface area contributed by atoms with Gasteiger partial charge in [0.2, 0.25) is 0 Å². The first kappa shape index (κ1) is 17.5. The number of hydrogen-bond acceptors (Lipinski definition) is 5. The van der Waals surface area contributed by atoms with E-state index in [1.807, 2.05) is 31.2 Å². The molecule has 1 aliphatic rings. The van der Waals surface area contributed by atoms with E-state index in [9.17, 15) is 9.59 Å². The predicted octanol–water partition coefficient (Wildman–Crippen LogP) is 3.43. The van der Waals surface area contributed by atoms with E-state index in [4.69, 9.17) is 14.2 Å². The molecular weight excluding hydrogens is 334 g/mol. The fourth-order valence-electron chi connectivity index (χ4n) is 2.40. The molecule has 0 unspecified atom stereocenters. The number of fused-ring (bicyclic) bond motifs is 1. The summed E-state index contributed by atoms with van der Waals surface area (Å²) in [6, 6.07) is 12.3. The number of para-hydroxylation sites is 1. The summed E-state index contributed by atoms with van der Waals surface area (Å²) in [6.45, 7) is 2.62. The van der Waals surface area contributed by atoms with E-state index in [0.29, 0.717) is 29.5 Å². The second-order valence-corrected chi connectivity index (χ2v) is 5.64. The van der Waals surface area contributed by atoms with Crippen molar-refractivity contribution in [3.8, 4) is 17.2 Å². The molecule has 6 heteroatoms. The van der Waals surface area contributed by atoms with Gasteiger partial charge in [0.05, 0.1) is 12.3 Å². The number of nitrogens with one attached hydrogen (secondary N) is 1. The van der Waals surface area contributed by atoms with E-state index in [2.05, 4.69) is 5.32 Å². The number of carbonyl (C=O) groups is 2. The van der Waals surface area contributed by atoms with Crippen molar-refractivity contribution in [2.24, 2.45) is 0 Å². The molecule has 0 fully saturated rings. The molecule has 0 atom stereocenters. The molecule has 0 bridgehead atoms. The minimum Gasteiger partial charge on any atom is -0.493 e. The van der Waals surface area contributed by atoms with E-state index < -0.39 is 5.97 Å². The van der Waals surface area contributed by atoms with Crippen LogP contribution in [0.25, 0.3) is 6.08 Å². The van der Waals surface area contributed by atoms with Gasteiger partial charge in [0, 0.05) is 17.7 Å². The second-order valence-electron chi connectivity index (χ2n) is 5.64. The maximum atomic E-state index is 12.1. The van der Waals surface area contributed by atoms with E-state index >= 15 is 0 Å². The van der Waals surface area contributed by atoms with Crippen LogP contribution in [0.5, 0.6) is 17.2 Å². The highest BCUT2D eigenvalue weighted by molar-refractivity contribution is 5.96. The average molecular weight is 353 g/mol. The molecule has 0 saturated heterocycles. The summed E-state index contributed by atoms with van der Waals surface area (Å²) >= 11 is 0. The Morgan fingerprint density at radius 3 is 2.96 bits per heavy atom. The van der Waals surface area contributed by atoms with Gasteiger partial charge in [0.1, 0.15) is 17.2 Å². The van der Waals surface area contributed by atoms with Gasteiger partial charge in [-0.3, -0.25) is 4.79 Å². The first-order valence-electron chi connectivity index (χ1n) is 8.34. The SMILES string of the molecule is CCCOc1ccccc1/C=C/C(=O)Oc1ccc2c(c1)NC(=O)CO2. The lowest BCUT2D eigenvalue weighted by Gasteiger charge is -2.18. The minimum absolute atomic E-state index is 0.0195. The zero-order chi connectivity index (χ0) is 18.4. The molecular formula is C20H19NO5. The molecule has 1 aliphatic heterocycles. The Morgan fingerprint density at radius 1 is 1.27 bits per heavy atom. The van der Waals surface area contributed by atoms with Crippen LogP contribution in [0.15, 0.2) is 48.5 Å². The summed E-state index contributed by atoms with van der Waals surface area (Å²) < 4.78 is 16.2. The number of ether oxygens (including phenoxy) is 3. The quantitative estimate of drug-likeness (QED) is 0.489. The Bertz CT molecular complexity index is 844. The molecule has 26 heavy (non-hydrogen) atoms. The van der Waals surface area contributed by atoms with Crippen molar-refractivity contribution in [3.05, 3.63) is 54.1 Å². The van der Waals surface area contributed by atoms with Crippen molar-refractivity contribution in [2.45, 2.75) is 13.3 Å². The first-order valence-corrected chi connectivity index (χ1v) is 8.34.